The summed E-state index contributed by atoms with van der Waals surface area (Å²) < 4.78 is 0.981. The summed E-state index contributed by atoms with van der Waals surface area (Å²) in [5.74, 6) is 0.264. The van der Waals surface area contributed by atoms with Crippen molar-refractivity contribution in [3.63, 3.8) is 0 Å². The lowest BCUT2D eigenvalue weighted by Crippen LogP contribution is -1.97. The highest BCUT2D eigenvalue weighted by molar-refractivity contribution is 7.21. The number of phenolic OH excluding ortho intramolecular Hbond substituents is 1. The van der Waals surface area contributed by atoms with E-state index in [0.29, 0.717) is 0 Å². The predicted molar refractivity (Wildman–Crippen MR) is 151 cm³/mol. The molecule has 0 aliphatic heterocycles. The first-order chi connectivity index (χ1) is 17.8. The fraction of sp³-hybridized carbons (Fsp3) is 0. The molecule has 0 bridgehead atoms. The molecule has 1 aromatic heterocycles. The summed E-state index contributed by atoms with van der Waals surface area (Å²) in [6.07, 6.45) is 0. The van der Waals surface area contributed by atoms with Crippen LogP contribution in [-0.2, 0) is 0 Å². The Morgan fingerprint density at radius 3 is 1.50 bits per heavy atom. The van der Waals surface area contributed by atoms with Gasteiger partial charge in [-0.3, -0.25) is 0 Å². The number of fused-ring (bicyclic) bond motifs is 1. The molecular weight excluding hydrogens is 458 g/mol. The molecule has 2 nitrogen and oxygen atoms in total. The zero-order valence-corrected chi connectivity index (χ0v) is 20.3. The summed E-state index contributed by atoms with van der Waals surface area (Å²) in [6.45, 7) is 0. The Labute approximate surface area is 214 Å². The summed E-state index contributed by atoms with van der Waals surface area (Å²) in [5, 5.41) is 10.8. The van der Waals surface area contributed by atoms with Gasteiger partial charge in [0.05, 0.1) is 10.2 Å². The van der Waals surface area contributed by atoms with Crippen LogP contribution in [0.5, 0.6) is 5.75 Å². The highest BCUT2D eigenvalue weighted by atomic mass is 32.1. The van der Waals surface area contributed by atoms with Gasteiger partial charge in [0.25, 0.3) is 0 Å². The zero-order chi connectivity index (χ0) is 24.3. The molecule has 1 heterocycles. The Morgan fingerprint density at radius 2 is 1.00 bits per heavy atom. The largest absolute Gasteiger partial charge is 0.508 e. The molecule has 0 aliphatic rings. The van der Waals surface area contributed by atoms with Crippen molar-refractivity contribution in [2.45, 2.75) is 0 Å². The van der Waals surface area contributed by atoms with Crippen molar-refractivity contribution in [2.75, 3.05) is 0 Å². The van der Waals surface area contributed by atoms with Crippen molar-refractivity contribution in [2.24, 2.45) is 0 Å². The van der Waals surface area contributed by atoms with E-state index in [0.717, 1.165) is 26.4 Å². The molecule has 0 atom stereocenters. The molecule has 0 saturated carbocycles. The van der Waals surface area contributed by atoms with Crippen LogP contribution in [0.25, 0.3) is 31.9 Å². The SMILES string of the molecule is Oc1ccc2nc(-c3ccc(C(=C(c4ccccc4)c4ccccc4)c4ccccc4)cc3)sc2c1. The third-order valence-electron chi connectivity index (χ3n) is 6.23. The summed E-state index contributed by atoms with van der Waals surface area (Å²) in [5.41, 5.74) is 9.02. The molecule has 172 valence electrons. The quantitative estimate of drug-likeness (QED) is 0.250. The van der Waals surface area contributed by atoms with Gasteiger partial charge in [-0.25, -0.2) is 4.98 Å². The smallest absolute Gasteiger partial charge is 0.124 e. The van der Waals surface area contributed by atoms with E-state index in [1.54, 1.807) is 23.5 Å². The van der Waals surface area contributed by atoms with Gasteiger partial charge in [0.15, 0.2) is 0 Å². The molecule has 0 unspecified atom stereocenters. The number of hydrogen-bond acceptors (Lipinski definition) is 3. The third-order valence-corrected chi connectivity index (χ3v) is 7.30. The summed E-state index contributed by atoms with van der Waals surface area (Å²) >= 11 is 1.59. The molecule has 36 heavy (non-hydrogen) atoms. The molecule has 0 amide bonds. The number of hydrogen-bond donors (Lipinski definition) is 1. The number of phenols is 1. The number of rotatable bonds is 5. The maximum atomic E-state index is 9.83. The van der Waals surface area contributed by atoms with Crippen LogP contribution in [0.2, 0.25) is 0 Å². The fourth-order valence-electron chi connectivity index (χ4n) is 4.54. The molecule has 0 aliphatic carbocycles. The van der Waals surface area contributed by atoms with Crippen molar-refractivity contribution >= 4 is 32.7 Å². The molecule has 3 heteroatoms. The molecule has 6 aromatic rings. The summed E-state index contributed by atoms with van der Waals surface area (Å²) in [4.78, 5) is 4.78. The average molecular weight is 482 g/mol. The Bertz CT molecular complexity index is 1610. The van der Waals surface area contributed by atoms with Crippen molar-refractivity contribution in [1.82, 2.24) is 4.98 Å². The maximum Gasteiger partial charge on any atom is 0.124 e. The van der Waals surface area contributed by atoms with Crippen LogP contribution in [0.4, 0.5) is 0 Å². The minimum absolute atomic E-state index is 0.264. The van der Waals surface area contributed by atoms with E-state index in [1.165, 1.54) is 27.8 Å². The first kappa shape index (κ1) is 22.0. The van der Waals surface area contributed by atoms with Gasteiger partial charge in [-0.1, -0.05) is 115 Å². The average Bonchev–Trinajstić information content (AvgIpc) is 3.36. The van der Waals surface area contributed by atoms with E-state index in [2.05, 4.69) is 115 Å². The third kappa shape index (κ3) is 4.33. The Kier molecular flexibility index (Phi) is 5.90. The van der Waals surface area contributed by atoms with Crippen molar-refractivity contribution < 1.29 is 5.11 Å². The Hall–Kier alpha value is -4.47. The van der Waals surface area contributed by atoms with Crippen LogP contribution in [0.15, 0.2) is 133 Å². The maximum absolute atomic E-state index is 9.83. The molecule has 0 saturated heterocycles. The molecule has 6 rings (SSSR count). The first-order valence-corrected chi connectivity index (χ1v) is 12.7. The van der Waals surface area contributed by atoms with Gasteiger partial charge in [0, 0.05) is 5.56 Å². The second kappa shape index (κ2) is 9.65. The number of aromatic hydroxyl groups is 1. The van der Waals surface area contributed by atoms with E-state index in [4.69, 9.17) is 4.98 Å². The molecular formula is C33H23NOS. The van der Waals surface area contributed by atoms with Crippen molar-refractivity contribution in [1.29, 1.82) is 0 Å². The van der Waals surface area contributed by atoms with Crippen LogP contribution < -0.4 is 0 Å². The van der Waals surface area contributed by atoms with Crippen LogP contribution in [0, 0.1) is 0 Å². The van der Waals surface area contributed by atoms with Crippen LogP contribution in [0.1, 0.15) is 22.3 Å². The van der Waals surface area contributed by atoms with E-state index in [-0.39, 0.29) is 5.75 Å². The van der Waals surface area contributed by atoms with E-state index in [1.807, 2.05) is 6.07 Å². The van der Waals surface area contributed by atoms with Gasteiger partial charge < -0.3 is 5.11 Å². The first-order valence-electron chi connectivity index (χ1n) is 11.9. The van der Waals surface area contributed by atoms with Gasteiger partial charge in [-0.15, -0.1) is 11.3 Å². The lowest BCUT2D eigenvalue weighted by Gasteiger charge is -2.18. The lowest BCUT2D eigenvalue weighted by atomic mass is 9.85. The zero-order valence-electron chi connectivity index (χ0n) is 19.5. The topological polar surface area (TPSA) is 33.1 Å². The highest BCUT2D eigenvalue weighted by Crippen LogP contribution is 2.38. The molecule has 0 fully saturated rings. The second-order valence-corrected chi connectivity index (χ2v) is 9.63. The van der Waals surface area contributed by atoms with Crippen molar-refractivity contribution in [3.05, 3.63) is 156 Å². The van der Waals surface area contributed by atoms with E-state index >= 15 is 0 Å². The molecule has 1 N–H and O–H groups in total. The Balaban J connectivity index is 1.54. The van der Waals surface area contributed by atoms with Gasteiger partial charge in [0.2, 0.25) is 0 Å². The minimum atomic E-state index is 0.264. The van der Waals surface area contributed by atoms with Crippen LogP contribution >= 0.6 is 11.3 Å². The monoisotopic (exact) mass is 481 g/mol. The lowest BCUT2D eigenvalue weighted by molar-refractivity contribution is 0.476. The van der Waals surface area contributed by atoms with Gasteiger partial charge >= 0.3 is 0 Å². The van der Waals surface area contributed by atoms with Gasteiger partial charge in [0.1, 0.15) is 10.8 Å². The van der Waals surface area contributed by atoms with Crippen molar-refractivity contribution in [3.8, 4) is 16.3 Å². The molecule has 0 spiro atoms. The van der Waals surface area contributed by atoms with Gasteiger partial charge in [-0.05, 0) is 51.6 Å². The van der Waals surface area contributed by atoms with Crippen LogP contribution in [-0.4, -0.2) is 10.1 Å². The Morgan fingerprint density at radius 1 is 0.528 bits per heavy atom. The predicted octanol–water partition coefficient (Wildman–Crippen LogP) is 8.68. The summed E-state index contributed by atoms with van der Waals surface area (Å²) in [7, 11) is 0. The van der Waals surface area contributed by atoms with Gasteiger partial charge in [-0.2, -0.15) is 0 Å². The minimum Gasteiger partial charge on any atom is -0.508 e. The number of benzene rings is 5. The number of thiazole rings is 1. The number of aromatic nitrogens is 1. The summed E-state index contributed by atoms with van der Waals surface area (Å²) in [6, 6.07) is 45.8. The fourth-order valence-corrected chi connectivity index (χ4v) is 5.55. The highest BCUT2D eigenvalue weighted by Gasteiger charge is 2.16. The number of nitrogens with zero attached hydrogens (tertiary/aromatic N) is 1. The van der Waals surface area contributed by atoms with Crippen LogP contribution in [0.3, 0.4) is 0 Å². The standard InChI is InChI=1S/C33H23NOS/c35-28-20-21-29-30(22-28)36-33(34-29)27-18-16-26(17-19-27)32(25-14-8-3-9-15-25)31(23-10-4-1-5-11-23)24-12-6-2-7-13-24/h1-22,35H. The van der Waals surface area contributed by atoms with E-state index < -0.39 is 0 Å². The second-order valence-electron chi connectivity index (χ2n) is 8.60. The molecule has 5 aromatic carbocycles. The normalized spacial score (nSPS) is 10.9. The molecule has 0 radical (unpaired) electrons. The van der Waals surface area contributed by atoms with E-state index in [9.17, 15) is 5.11 Å².